The van der Waals surface area contributed by atoms with Crippen LogP contribution in [0.25, 0.3) is 0 Å². The molecule has 0 saturated heterocycles. The van der Waals surface area contributed by atoms with Crippen LogP contribution in [0.3, 0.4) is 0 Å². The third-order valence-corrected chi connectivity index (χ3v) is 3.58. The van der Waals surface area contributed by atoms with Gasteiger partial charge in [-0.15, -0.1) is 0 Å². The van der Waals surface area contributed by atoms with Gasteiger partial charge in [-0.25, -0.2) is 0 Å². The minimum absolute atomic E-state index is 0.0661. The summed E-state index contributed by atoms with van der Waals surface area (Å²) in [5.74, 6) is 0. The van der Waals surface area contributed by atoms with E-state index in [0.717, 1.165) is 0 Å². The Labute approximate surface area is 77.2 Å². The highest BCUT2D eigenvalue weighted by molar-refractivity contribution is 8.68. The third kappa shape index (κ3) is 2.17. The maximum absolute atomic E-state index is 4.99. The molecule has 11 heavy (non-hydrogen) atoms. The molecule has 1 aromatic carbocycles. The Morgan fingerprint density at radius 3 is 2.18 bits per heavy atom. The van der Waals surface area contributed by atoms with E-state index in [9.17, 15) is 0 Å². The topological polar surface area (TPSA) is 0 Å². The molecule has 0 unspecified atom stereocenters. The fourth-order valence-electron chi connectivity index (χ4n) is 0.888. The zero-order valence-corrected chi connectivity index (χ0v) is 8.34. The number of rotatable bonds is 2. The van der Waals surface area contributed by atoms with E-state index < -0.39 is 0 Å². The summed E-state index contributed by atoms with van der Waals surface area (Å²) in [4.78, 5) is 0. The molecule has 0 saturated carbocycles. The molecule has 0 bridgehead atoms. The van der Waals surface area contributed by atoms with Gasteiger partial charge in [-0.2, -0.15) is 0 Å². The Morgan fingerprint density at radius 2 is 1.73 bits per heavy atom. The lowest BCUT2D eigenvalue weighted by Gasteiger charge is -2.20. The third-order valence-electron chi connectivity index (χ3n) is 1.68. The first kappa shape index (κ1) is 9.01. The van der Waals surface area contributed by atoms with Gasteiger partial charge in [0.25, 0.3) is 0 Å². The van der Waals surface area contributed by atoms with Crippen molar-refractivity contribution in [2.24, 2.45) is 0 Å². The van der Waals surface area contributed by atoms with Gasteiger partial charge in [0.2, 0.25) is 0 Å². The Hall–Kier alpha value is -0.0800. The quantitative estimate of drug-likeness (QED) is 0.629. The van der Waals surface area contributed by atoms with Crippen LogP contribution in [0, 0.1) is 0 Å². The Kier molecular flexibility index (Phi) is 2.90. The molecule has 0 atom stereocenters. The fourth-order valence-corrected chi connectivity index (χ4v) is 1.41. The van der Waals surface area contributed by atoms with Crippen LogP contribution in [0.15, 0.2) is 30.3 Å². The van der Waals surface area contributed by atoms with Crippen LogP contribution < -0.4 is 0 Å². The molecule has 0 aromatic heterocycles. The average molecular weight is 183 g/mol. The zero-order valence-electron chi connectivity index (χ0n) is 6.70. The van der Waals surface area contributed by atoms with Crippen molar-refractivity contribution in [1.29, 1.82) is 0 Å². The first-order chi connectivity index (χ1) is 5.17. The summed E-state index contributed by atoms with van der Waals surface area (Å²) in [7, 11) is 1.46. The van der Waals surface area contributed by atoms with Crippen LogP contribution in [0.1, 0.15) is 19.4 Å². The van der Waals surface area contributed by atoms with Crippen molar-refractivity contribution >= 4 is 22.5 Å². The van der Waals surface area contributed by atoms with Crippen molar-refractivity contribution in [3.05, 3.63) is 35.9 Å². The van der Waals surface area contributed by atoms with Gasteiger partial charge >= 0.3 is 0 Å². The first-order valence-electron chi connectivity index (χ1n) is 3.53. The molecule has 0 aliphatic carbocycles. The lowest BCUT2D eigenvalue weighted by Crippen LogP contribution is -2.08. The normalized spacial score (nSPS) is 11.5. The number of hydrogen-bond acceptors (Lipinski definition) is 1. The van der Waals surface area contributed by atoms with E-state index in [0.29, 0.717) is 0 Å². The molecule has 59 valence electrons. The maximum atomic E-state index is 4.99. The molecule has 0 aliphatic heterocycles. The minimum atomic E-state index is 0.0661. The molecule has 2 heteroatoms. The summed E-state index contributed by atoms with van der Waals surface area (Å²) in [6.45, 7) is 4.28. The summed E-state index contributed by atoms with van der Waals surface area (Å²) in [5, 5.41) is 0. The van der Waals surface area contributed by atoms with Gasteiger partial charge in [-0.1, -0.05) is 41.1 Å². The second-order valence-electron chi connectivity index (χ2n) is 2.96. The van der Waals surface area contributed by atoms with Crippen LogP contribution in [-0.4, -0.2) is 0 Å². The summed E-state index contributed by atoms with van der Waals surface area (Å²) < 4.78 is 0.0661. The Bertz CT molecular complexity index is 216. The van der Waals surface area contributed by atoms with E-state index in [1.165, 1.54) is 16.4 Å². The van der Waals surface area contributed by atoms with Gasteiger partial charge < -0.3 is 0 Å². The lowest BCUT2D eigenvalue weighted by molar-refractivity contribution is 0.790. The second-order valence-corrected chi connectivity index (χ2v) is 4.65. The summed E-state index contributed by atoms with van der Waals surface area (Å²) in [6.07, 6.45) is 0. The second kappa shape index (κ2) is 3.55. The molecule has 0 nitrogen and oxygen atoms in total. The van der Waals surface area contributed by atoms with E-state index in [1.54, 1.807) is 0 Å². The lowest BCUT2D eigenvalue weighted by atomic mass is 10.0. The van der Waals surface area contributed by atoms with E-state index in [4.69, 9.17) is 11.7 Å². The highest BCUT2D eigenvalue weighted by Gasteiger charge is 2.18. The van der Waals surface area contributed by atoms with Crippen molar-refractivity contribution in [3.8, 4) is 0 Å². The van der Waals surface area contributed by atoms with Gasteiger partial charge in [0.1, 0.15) is 0 Å². The molecule has 0 spiro atoms. The molecular formula is C9H11S2. The monoisotopic (exact) mass is 183 g/mol. The minimum Gasteiger partial charge on any atom is -0.0706 e. The van der Waals surface area contributed by atoms with Crippen molar-refractivity contribution < 1.29 is 0 Å². The van der Waals surface area contributed by atoms with Gasteiger partial charge in [0.15, 0.2) is 0 Å². The van der Waals surface area contributed by atoms with Gasteiger partial charge in [-0.05, 0) is 31.1 Å². The highest BCUT2D eigenvalue weighted by atomic mass is 33.1. The standard InChI is InChI=1S/C9H11S2/c1-9(2,11-10)8-6-4-3-5-7-8/h3-7H,1-2H3. The van der Waals surface area contributed by atoms with E-state index in [-0.39, 0.29) is 4.75 Å². The molecule has 0 fully saturated rings. The average Bonchev–Trinajstić information content (AvgIpc) is 2.06. The van der Waals surface area contributed by atoms with Crippen LogP contribution in [0.2, 0.25) is 0 Å². The highest BCUT2D eigenvalue weighted by Crippen LogP contribution is 2.37. The van der Waals surface area contributed by atoms with Gasteiger partial charge in [0.05, 0.1) is 0 Å². The fraction of sp³-hybridized carbons (Fsp3) is 0.333. The largest absolute Gasteiger partial charge is 0.0706 e. The molecule has 1 aromatic rings. The van der Waals surface area contributed by atoms with Crippen LogP contribution >= 0.6 is 22.5 Å². The molecule has 0 N–H and O–H groups in total. The SMILES string of the molecule is CC(C)(S[S])c1ccccc1. The van der Waals surface area contributed by atoms with Crippen molar-refractivity contribution in [2.75, 3.05) is 0 Å². The maximum Gasteiger partial charge on any atom is 0.0464 e. The molecule has 0 heterocycles. The summed E-state index contributed by atoms with van der Waals surface area (Å²) >= 11 is 4.99. The van der Waals surface area contributed by atoms with Crippen molar-refractivity contribution in [1.82, 2.24) is 0 Å². The van der Waals surface area contributed by atoms with Crippen molar-refractivity contribution in [3.63, 3.8) is 0 Å². The van der Waals surface area contributed by atoms with Crippen LogP contribution in [-0.2, 0) is 4.75 Å². The first-order valence-corrected chi connectivity index (χ1v) is 5.27. The number of hydrogen-bond donors (Lipinski definition) is 0. The van der Waals surface area contributed by atoms with E-state index in [1.807, 2.05) is 18.2 Å². The molecule has 1 radical (unpaired) electrons. The summed E-state index contributed by atoms with van der Waals surface area (Å²) in [5.41, 5.74) is 1.29. The van der Waals surface area contributed by atoms with Gasteiger partial charge in [-0.3, -0.25) is 0 Å². The van der Waals surface area contributed by atoms with E-state index in [2.05, 4.69) is 26.0 Å². The summed E-state index contributed by atoms with van der Waals surface area (Å²) in [6, 6.07) is 10.3. The molecule has 1 rings (SSSR count). The number of benzene rings is 1. The predicted molar refractivity (Wildman–Crippen MR) is 54.7 cm³/mol. The van der Waals surface area contributed by atoms with Gasteiger partial charge in [0, 0.05) is 4.75 Å². The smallest absolute Gasteiger partial charge is 0.0464 e. The Balaban J connectivity index is 2.93. The molecular weight excluding hydrogens is 172 g/mol. The Morgan fingerprint density at radius 1 is 1.18 bits per heavy atom. The van der Waals surface area contributed by atoms with Crippen LogP contribution in [0.4, 0.5) is 0 Å². The van der Waals surface area contributed by atoms with Crippen molar-refractivity contribution in [2.45, 2.75) is 18.6 Å². The van der Waals surface area contributed by atoms with Crippen LogP contribution in [0.5, 0.6) is 0 Å². The predicted octanol–water partition coefficient (Wildman–Crippen LogP) is 3.77. The molecule has 0 aliphatic rings. The van der Waals surface area contributed by atoms with E-state index >= 15 is 0 Å². The zero-order chi connectivity index (χ0) is 8.32. The molecule has 0 amide bonds.